The Morgan fingerprint density at radius 2 is 2.11 bits per heavy atom. The summed E-state index contributed by atoms with van der Waals surface area (Å²) in [4.78, 5) is 36.2. The molecule has 1 aliphatic carbocycles. The lowest BCUT2D eigenvalue weighted by molar-refractivity contribution is -0.127. The zero-order valence-corrected chi connectivity index (χ0v) is 16.8. The molecule has 27 heavy (non-hydrogen) atoms. The Balaban J connectivity index is 1.36. The van der Waals surface area contributed by atoms with Crippen LogP contribution in [0.5, 0.6) is 0 Å². The summed E-state index contributed by atoms with van der Waals surface area (Å²) in [6, 6.07) is 9.94. The van der Waals surface area contributed by atoms with Crippen molar-refractivity contribution in [2.75, 3.05) is 12.8 Å². The highest BCUT2D eigenvalue weighted by Gasteiger charge is 2.21. The Morgan fingerprint density at radius 3 is 2.93 bits per heavy atom. The van der Waals surface area contributed by atoms with Crippen LogP contribution in [0.25, 0.3) is 10.2 Å². The van der Waals surface area contributed by atoms with Gasteiger partial charge in [0.05, 0.1) is 16.9 Å². The number of rotatable bonds is 6. The molecule has 3 aromatic rings. The first-order valence-electron chi connectivity index (χ1n) is 9.01. The number of carbonyl (C=O) groups is 1. The van der Waals surface area contributed by atoms with Gasteiger partial charge in [0.15, 0.2) is 0 Å². The van der Waals surface area contributed by atoms with Gasteiger partial charge in [-0.05, 0) is 30.4 Å². The molecular formula is C20H21N3O2S2. The molecular weight excluding hydrogens is 378 g/mol. The number of amides is 1. The Bertz CT molecular complexity index is 1030. The smallest absolute Gasteiger partial charge is 0.259 e. The molecule has 4 rings (SSSR count). The zero-order valence-electron chi connectivity index (χ0n) is 15.2. The summed E-state index contributed by atoms with van der Waals surface area (Å²) in [5, 5.41) is 0.778. The molecule has 2 aromatic heterocycles. The highest BCUT2D eigenvalue weighted by Crippen LogP contribution is 2.34. The van der Waals surface area contributed by atoms with Gasteiger partial charge in [-0.1, -0.05) is 30.3 Å². The molecule has 140 valence electrons. The minimum Gasteiger partial charge on any atom is -0.341 e. The van der Waals surface area contributed by atoms with Crippen LogP contribution < -0.4 is 5.56 Å². The van der Waals surface area contributed by atoms with Crippen molar-refractivity contribution in [1.82, 2.24) is 14.9 Å². The van der Waals surface area contributed by atoms with E-state index in [-0.39, 0.29) is 11.5 Å². The van der Waals surface area contributed by atoms with Crippen molar-refractivity contribution >= 4 is 39.2 Å². The third-order valence-electron chi connectivity index (χ3n) is 4.78. The zero-order chi connectivity index (χ0) is 18.8. The van der Waals surface area contributed by atoms with Crippen LogP contribution in [-0.2, 0) is 29.9 Å². The minimum atomic E-state index is -0.0393. The van der Waals surface area contributed by atoms with E-state index in [4.69, 9.17) is 0 Å². The van der Waals surface area contributed by atoms with Gasteiger partial charge in [-0.15, -0.1) is 23.1 Å². The summed E-state index contributed by atoms with van der Waals surface area (Å²) >= 11 is 3.13. The van der Waals surface area contributed by atoms with Crippen LogP contribution in [0.15, 0.2) is 35.1 Å². The van der Waals surface area contributed by atoms with Gasteiger partial charge in [0.2, 0.25) is 5.91 Å². The van der Waals surface area contributed by atoms with Gasteiger partial charge in [-0.25, -0.2) is 4.98 Å². The molecule has 0 unspecified atom stereocenters. The number of carbonyl (C=O) groups excluding carboxylic acids is 1. The fourth-order valence-electron chi connectivity index (χ4n) is 3.41. The van der Waals surface area contributed by atoms with Gasteiger partial charge >= 0.3 is 0 Å². The second-order valence-electron chi connectivity index (χ2n) is 6.78. The summed E-state index contributed by atoms with van der Waals surface area (Å²) in [7, 11) is 1.81. The molecule has 0 saturated heterocycles. The predicted octanol–water partition coefficient (Wildman–Crippen LogP) is 3.37. The number of H-pyrrole nitrogens is 1. The topological polar surface area (TPSA) is 66.1 Å². The van der Waals surface area contributed by atoms with Crippen molar-refractivity contribution in [3.8, 4) is 0 Å². The average molecular weight is 400 g/mol. The number of aryl methyl sites for hydroxylation is 2. The quantitative estimate of drug-likeness (QED) is 0.690. The lowest BCUT2D eigenvalue weighted by atomic mass is 10.2. The van der Waals surface area contributed by atoms with Crippen LogP contribution in [0.1, 0.15) is 28.2 Å². The first-order valence-corrected chi connectivity index (χ1v) is 11.0. The molecule has 1 amide bonds. The standard InChI is InChI=1S/C20H21N3O2S2/c1-23(10-13-6-3-2-4-7-13)17(24)12-26-11-16-21-19(25)18-14-8-5-9-15(14)27-20(18)22-16/h2-4,6-7H,5,8-12H2,1H3,(H,21,22,25). The Kier molecular flexibility index (Phi) is 5.31. The average Bonchev–Trinajstić information content (AvgIpc) is 3.23. The van der Waals surface area contributed by atoms with Crippen molar-refractivity contribution in [3.05, 3.63) is 62.5 Å². The minimum absolute atomic E-state index is 0.0393. The molecule has 5 nitrogen and oxygen atoms in total. The van der Waals surface area contributed by atoms with E-state index in [2.05, 4.69) is 9.97 Å². The van der Waals surface area contributed by atoms with Gasteiger partial charge in [0.1, 0.15) is 10.7 Å². The van der Waals surface area contributed by atoms with Crippen LogP contribution in [0, 0.1) is 0 Å². The summed E-state index contributed by atoms with van der Waals surface area (Å²) in [5.41, 5.74) is 2.27. The molecule has 0 bridgehead atoms. The van der Waals surface area contributed by atoms with E-state index in [1.807, 2.05) is 37.4 Å². The third-order valence-corrected chi connectivity index (χ3v) is 6.89. The lowest BCUT2D eigenvalue weighted by Gasteiger charge is -2.17. The Hall–Kier alpha value is -2.12. The number of benzene rings is 1. The van der Waals surface area contributed by atoms with Gasteiger partial charge in [-0.2, -0.15) is 0 Å². The maximum Gasteiger partial charge on any atom is 0.259 e. The predicted molar refractivity (Wildman–Crippen MR) is 111 cm³/mol. The summed E-state index contributed by atoms with van der Waals surface area (Å²) in [5.74, 6) is 1.61. The monoisotopic (exact) mass is 399 g/mol. The van der Waals surface area contributed by atoms with Crippen LogP contribution in [0.3, 0.4) is 0 Å². The van der Waals surface area contributed by atoms with Crippen molar-refractivity contribution < 1.29 is 4.79 Å². The van der Waals surface area contributed by atoms with Crippen molar-refractivity contribution in [2.45, 2.75) is 31.6 Å². The van der Waals surface area contributed by atoms with E-state index in [0.717, 1.165) is 35.0 Å². The normalized spacial score (nSPS) is 13.1. The van der Waals surface area contributed by atoms with Crippen LogP contribution in [0.4, 0.5) is 0 Å². The van der Waals surface area contributed by atoms with Crippen molar-refractivity contribution in [1.29, 1.82) is 0 Å². The molecule has 0 atom stereocenters. The number of aromatic nitrogens is 2. The number of fused-ring (bicyclic) bond motifs is 3. The molecule has 0 aliphatic heterocycles. The number of aromatic amines is 1. The molecule has 0 fully saturated rings. The van der Waals surface area contributed by atoms with Crippen LogP contribution in [-0.4, -0.2) is 33.6 Å². The van der Waals surface area contributed by atoms with Gasteiger partial charge in [0.25, 0.3) is 5.56 Å². The molecule has 1 N–H and O–H groups in total. The highest BCUT2D eigenvalue weighted by molar-refractivity contribution is 7.99. The lowest BCUT2D eigenvalue weighted by Crippen LogP contribution is -2.27. The molecule has 0 radical (unpaired) electrons. The SMILES string of the molecule is CN(Cc1ccccc1)C(=O)CSCc1nc2sc3c(c2c(=O)[nH]1)CCC3. The van der Waals surface area contributed by atoms with Crippen molar-refractivity contribution in [2.24, 2.45) is 0 Å². The number of nitrogens with one attached hydrogen (secondary N) is 1. The van der Waals surface area contributed by atoms with Gasteiger partial charge in [-0.3, -0.25) is 9.59 Å². The fraction of sp³-hybridized carbons (Fsp3) is 0.350. The molecule has 1 aromatic carbocycles. The first kappa shape index (κ1) is 18.3. The van der Waals surface area contributed by atoms with E-state index in [1.165, 1.54) is 22.2 Å². The molecule has 2 heterocycles. The van der Waals surface area contributed by atoms with Gasteiger partial charge < -0.3 is 9.88 Å². The Morgan fingerprint density at radius 1 is 1.30 bits per heavy atom. The second-order valence-corrected chi connectivity index (χ2v) is 8.85. The maximum atomic E-state index is 12.5. The second kappa shape index (κ2) is 7.86. The van der Waals surface area contributed by atoms with E-state index in [9.17, 15) is 9.59 Å². The molecule has 1 aliphatic rings. The van der Waals surface area contributed by atoms with E-state index >= 15 is 0 Å². The van der Waals surface area contributed by atoms with Crippen molar-refractivity contribution in [3.63, 3.8) is 0 Å². The summed E-state index contributed by atoms with van der Waals surface area (Å²) < 4.78 is 0. The number of thiophene rings is 1. The number of hydrogen-bond donors (Lipinski definition) is 1. The number of hydrogen-bond acceptors (Lipinski definition) is 5. The molecule has 0 spiro atoms. The largest absolute Gasteiger partial charge is 0.341 e. The maximum absolute atomic E-state index is 12.5. The van der Waals surface area contributed by atoms with E-state index in [0.29, 0.717) is 23.9 Å². The number of nitrogens with zero attached hydrogens (tertiary/aromatic N) is 2. The fourth-order valence-corrected chi connectivity index (χ4v) is 5.51. The third kappa shape index (κ3) is 3.94. The summed E-state index contributed by atoms with van der Waals surface area (Å²) in [6.45, 7) is 0.599. The van der Waals surface area contributed by atoms with E-state index in [1.54, 1.807) is 16.2 Å². The van der Waals surface area contributed by atoms with Crippen LogP contribution >= 0.6 is 23.1 Å². The Labute approximate surface area is 165 Å². The van der Waals surface area contributed by atoms with Crippen LogP contribution in [0.2, 0.25) is 0 Å². The molecule has 0 saturated carbocycles. The van der Waals surface area contributed by atoms with E-state index < -0.39 is 0 Å². The summed E-state index contributed by atoms with van der Waals surface area (Å²) in [6.07, 6.45) is 3.17. The van der Waals surface area contributed by atoms with Gasteiger partial charge in [0, 0.05) is 18.5 Å². The highest BCUT2D eigenvalue weighted by atomic mass is 32.2. The number of thioether (sulfide) groups is 1. The molecule has 7 heteroatoms. The first-order chi connectivity index (χ1) is 13.1.